The monoisotopic (exact) mass is 234 g/mol. The Kier molecular flexibility index (Phi) is 4.27. The van der Waals surface area contributed by atoms with Gasteiger partial charge in [-0.25, -0.2) is 0 Å². The highest BCUT2D eigenvalue weighted by Crippen LogP contribution is 2.29. The Morgan fingerprint density at radius 1 is 1.33 bits per heavy atom. The molecule has 0 saturated carbocycles. The zero-order chi connectivity index (χ0) is 11.5. The Balaban J connectivity index is 2.62. The highest BCUT2D eigenvalue weighted by molar-refractivity contribution is 6.60. The minimum atomic E-state index is -2.65. The molecule has 1 rings (SSSR count). The molecule has 1 aliphatic rings. The van der Waals surface area contributed by atoms with E-state index < -0.39 is 8.80 Å². The third-order valence-corrected chi connectivity index (χ3v) is 5.56. The fourth-order valence-corrected chi connectivity index (χ4v) is 3.74. The van der Waals surface area contributed by atoms with Crippen molar-refractivity contribution < 1.29 is 22.8 Å². The summed E-state index contributed by atoms with van der Waals surface area (Å²) in [6.45, 7) is 1.88. The van der Waals surface area contributed by atoms with Crippen molar-refractivity contribution in [2.24, 2.45) is 5.92 Å². The van der Waals surface area contributed by atoms with Crippen molar-refractivity contribution >= 4 is 14.8 Å². The Morgan fingerprint density at radius 3 is 2.20 bits per heavy atom. The molecule has 15 heavy (non-hydrogen) atoms. The van der Waals surface area contributed by atoms with Gasteiger partial charge >= 0.3 is 14.8 Å². The maximum absolute atomic E-state index is 11.4. The quantitative estimate of drug-likeness (QED) is 0.520. The van der Waals surface area contributed by atoms with Crippen molar-refractivity contribution in [3.63, 3.8) is 0 Å². The molecule has 0 spiro atoms. The summed E-state index contributed by atoms with van der Waals surface area (Å²) in [5.74, 6) is -0.336. The largest absolute Gasteiger partial charge is 0.501 e. The van der Waals surface area contributed by atoms with Gasteiger partial charge in [0.25, 0.3) is 0 Å². The second-order valence-electron chi connectivity index (χ2n) is 3.68. The standard InChI is InChI=1S/C9H18O5Si/c1-7-5-8(9(10)14-7)6-15(11-2,12-3)13-4/h7-8H,5-6H2,1-4H3. The van der Waals surface area contributed by atoms with Crippen LogP contribution in [0, 0.1) is 5.92 Å². The summed E-state index contributed by atoms with van der Waals surface area (Å²) >= 11 is 0. The number of esters is 1. The fourth-order valence-electron chi connectivity index (χ4n) is 1.81. The Bertz CT molecular complexity index is 220. The molecule has 0 radical (unpaired) electrons. The van der Waals surface area contributed by atoms with Gasteiger partial charge in [-0.3, -0.25) is 4.79 Å². The first-order valence-electron chi connectivity index (χ1n) is 4.93. The van der Waals surface area contributed by atoms with Crippen LogP contribution in [0.2, 0.25) is 6.04 Å². The average Bonchev–Trinajstić information content (AvgIpc) is 2.54. The third-order valence-electron chi connectivity index (χ3n) is 2.70. The number of ether oxygens (including phenoxy) is 1. The SMILES string of the molecule is CO[Si](CC1CC(C)OC1=O)(OC)OC. The zero-order valence-electron chi connectivity index (χ0n) is 9.61. The summed E-state index contributed by atoms with van der Waals surface area (Å²) in [7, 11) is 1.98. The van der Waals surface area contributed by atoms with Crippen LogP contribution in [-0.4, -0.2) is 42.2 Å². The van der Waals surface area contributed by atoms with Crippen LogP contribution in [0.5, 0.6) is 0 Å². The summed E-state index contributed by atoms with van der Waals surface area (Å²) in [6.07, 6.45) is 0.698. The van der Waals surface area contributed by atoms with E-state index in [1.165, 1.54) is 0 Å². The van der Waals surface area contributed by atoms with Crippen LogP contribution in [0.15, 0.2) is 0 Å². The van der Waals surface area contributed by atoms with Crippen molar-refractivity contribution in [1.82, 2.24) is 0 Å². The molecule has 0 aromatic carbocycles. The summed E-state index contributed by atoms with van der Waals surface area (Å²) in [6, 6.07) is 0.486. The normalized spacial score (nSPS) is 26.8. The van der Waals surface area contributed by atoms with Crippen LogP contribution in [0.4, 0.5) is 0 Å². The molecule has 1 aliphatic heterocycles. The molecule has 2 unspecified atom stereocenters. The second-order valence-corrected chi connectivity index (χ2v) is 6.68. The van der Waals surface area contributed by atoms with Gasteiger partial charge in [-0.1, -0.05) is 0 Å². The van der Waals surface area contributed by atoms with Gasteiger partial charge in [0, 0.05) is 27.4 Å². The highest BCUT2D eigenvalue weighted by atomic mass is 28.4. The molecule has 0 aromatic heterocycles. The molecular formula is C9H18O5Si. The molecule has 1 saturated heterocycles. The number of hydrogen-bond acceptors (Lipinski definition) is 5. The summed E-state index contributed by atoms with van der Waals surface area (Å²) in [5, 5.41) is 0. The van der Waals surface area contributed by atoms with Gasteiger partial charge in [0.2, 0.25) is 0 Å². The van der Waals surface area contributed by atoms with Gasteiger partial charge in [-0.15, -0.1) is 0 Å². The van der Waals surface area contributed by atoms with Crippen molar-refractivity contribution in [3.05, 3.63) is 0 Å². The molecular weight excluding hydrogens is 216 g/mol. The van der Waals surface area contributed by atoms with Crippen molar-refractivity contribution in [2.45, 2.75) is 25.5 Å². The van der Waals surface area contributed by atoms with Crippen molar-refractivity contribution in [1.29, 1.82) is 0 Å². The molecule has 6 heteroatoms. The maximum atomic E-state index is 11.4. The lowest BCUT2D eigenvalue weighted by atomic mass is 10.1. The predicted molar refractivity (Wildman–Crippen MR) is 55.2 cm³/mol. The molecule has 0 N–H and O–H groups in total. The first-order valence-corrected chi connectivity index (χ1v) is 6.86. The molecule has 88 valence electrons. The number of cyclic esters (lactones) is 1. The van der Waals surface area contributed by atoms with Gasteiger partial charge in [-0.05, 0) is 13.3 Å². The topological polar surface area (TPSA) is 54.0 Å². The molecule has 1 heterocycles. The summed E-state index contributed by atoms with van der Waals surface area (Å²) in [4.78, 5) is 11.4. The lowest BCUT2D eigenvalue weighted by molar-refractivity contribution is -0.143. The number of rotatable bonds is 5. The Hall–Kier alpha value is -0.433. The van der Waals surface area contributed by atoms with E-state index in [1.807, 2.05) is 6.92 Å². The molecule has 0 bridgehead atoms. The zero-order valence-corrected chi connectivity index (χ0v) is 10.6. The Morgan fingerprint density at radius 2 is 1.87 bits per heavy atom. The van der Waals surface area contributed by atoms with Gasteiger partial charge in [0.15, 0.2) is 0 Å². The highest BCUT2D eigenvalue weighted by Gasteiger charge is 2.46. The van der Waals surface area contributed by atoms with E-state index in [0.29, 0.717) is 12.5 Å². The number of hydrogen-bond donors (Lipinski definition) is 0. The molecule has 0 aromatic rings. The molecule has 1 fully saturated rings. The first-order chi connectivity index (χ1) is 7.06. The van der Waals surface area contributed by atoms with Crippen LogP contribution in [0.1, 0.15) is 13.3 Å². The van der Waals surface area contributed by atoms with Crippen LogP contribution >= 0.6 is 0 Å². The van der Waals surface area contributed by atoms with Crippen LogP contribution in [0.25, 0.3) is 0 Å². The van der Waals surface area contributed by atoms with Crippen molar-refractivity contribution in [2.75, 3.05) is 21.3 Å². The van der Waals surface area contributed by atoms with Gasteiger partial charge in [-0.2, -0.15) is 0 Å². The maximum Gasteiger partial charge on any atom is 0.501 e. The molecule has 2 atom stereocenters. The van der Waals surface area contributed by atoms with Gasteiger partial charge in [0.05, 0.1) is 12.0 Å². The van der Waals surface area contributed by atoms with E-state index in [0.717, 1.165) is 0 Å². The van der Waals surface area contributed by atoms with E-state index in [9.17, 15) is 4.79 Å². The lowest BCUT2D eigenvalue weighted by Gasteiger charge is -2.25. The number of carbonyl (C=O) groups excluding carboxylic acids is 1. The van der Waals surface area contributed by atoms with E-state index in [2.05, 4.69) is 0 Å². The van der Waals surface area contributed by atoms with E-state index in [4.69, 9.17) is 18.0 Å². The minimum absolute atomic E-state index is 0.0141. The van der Waals surface area contributed by atoms with Gasteiger partial charge in [0.1, 0.15) is 0 Å². The second kappa shape index (κ2) is 5.07. The van der Waals surface area contributed by atoms with Crippen LogP contribution in [-0.2, 0) is 22.8 Å². The van der Waals surface area contributed by atoms with E-state index in [-0.39, 0.29) is 18.0 Å². The molecule has 5 nitrogen and oxygen atoms in total. The fraction of sp³-hybridized carbons (Fsp3) is 0.889. The van der Waals surface area contributed by atoms with Crippen LogP contribution in [0.3, 0.4) is 0 Å². The van der Waals surface area contributed by atoms with Crippen LogP contribution < -0.4 is 0 Å². The molecule has 0 amide bonds. The third kappa shape index (κ3) is 2.78. The van der Waals surface area contributed by atoms with Crippen molar-refractivity contribution in [3.8, 4) is 0 Å². The van der Waals surface area contributed by atoms with E-state index >= 15 is 0 Å². The Labute approximate surface area is 91.0 Å². The average molecular weight is 234 g/mol. The smallest absolute Gasteiger partial charge is 0.462 e. The number of carbonyl (C=O) groups is 1. The molecule has 0 aliphatic carbocycles. The summed E-state index contributed by atoms with van der Waals surface area (Å²) < 4.78 is 20.9. The predicted octanol–water partition coefficient (Wildman–Crippen LogP) is 0.816. The summed E-state index contributed by atoms with van der Waals surface area (Å²) in [5.41, 5.74) is 0. The van der Waals surface area contributed by atoms with Gasteiger partial charge < -0.3 is 18.0 Å². The first kappa shape index (κ1) is 12.6. The van der Waals surface area contributed by atoms with E-state index in [1.54, 1.807) is 21.3 Å². The lowest BCUT2D eigenvalue weighted by Crippen LogP contribution is -2.45. The minimum Gasteiger partial charge on any atom is -0.462 e.